The molecule has 0 aromatic carbocycles. The average molecular weight is 284 g/mol. The molecule has 3 N–H and O–H groups in total. The van der Waals surface area contributed by atoms with Crippen molar-refractivity contribution in [1.82, 2.24) is 10.6 Å². The summed E-state index contributed by atoms with van der Waals surface area (Å²) in [5.41, 5.74) is 1.03. The molecular weight excluding hydrogens is 268 g/mol. The van der Waals surface area contributed by atoms with Crippen LogP contribution in [0.5, 0.6) is 0 Å². The highest BCUT2D eigenvalue weighted by atomic mass is 32.1. The fourth-order valence-electron chi connectivity index (χ4n) is 1.95. The molecule has 1 aliphatic heterocycles. The van der Waals surface area contributed by atoms with Crippen LogP contribution < -0.4 is 10.6 Å². The van der Waals surface area contributed by atoms with Crippen molar-refractivity contribution in [2.24, 2.45) is 5.92 Å². The first kappa shape index (κ1) is 13.8. The smallest absolute Gasteiger partial charge is 0.315 e. The van der Waals surface area contributed by atoms with Gasteiger partial charge in [0.05, 0.1) is 25.3 Å². The lowest BCUT2D eigenvalue weighted by molar-refractivity contribution is -0.142. The van der Waals surface area contributed by atoms with Crippen LogP contribution in [0.15, 0.2) is 16.8 Å². The van der Waals surface area contributed by atoms with Crippen molar-refractivity contribution >= 4 is 23.3 Å². The van der Waals surface area contributed by atoms with E-state index in [4.69, 9.17) is 9.84 Å². The molecule has 0 saturated carbocycles. The van der Waals surface area contributed by atoms with Crippen molar-refractivity contribution in [2.75, 3.05) is 13.2 Å². The minimum Gasteiger partial charge on any atom is -0.481 e. The van der Waals surface area contributed by atoms with E-state index in [0.717, 1.165) is 5.56 Å². The number of hydrogen-bond acceptors (Lipinski definition) is 4. The van der Waals surface area contributed by atoms with Gasteiger partial charge < -0.3 is 20.5 Å². The number of aliphatic carboxylic acids is 1. The van der Waals surface area contributed by atoms with Gasteiger partial charge >= 0.3 is 12.0 Å². The topological polar surface area (TPSA) is 87.7 Å². The van der Waals surface area contributed by atoms with Crippen LogP contribution in [0.3, 0.4) is 0 Å². The maximum absolute atomic E-state index is 11.8. The van der Waals surface area contributed by atoms with Crippen LogP contribution in [0.2, 0.25) is 0 Å². The Kier molecular flexibility index (Phi) is 4.39. The molecule has 1 aromatic heterocycles. The molecule has 0 radical (unpaired) electrons. The molecule has 6 nitrogen and oxygen atoms in total. The summed E-state index contributed by atoms with van der Waals surface area (Å²) in [6.07, 6.45) is 0. The number of carboxylic acids is 1. The molecule has 7 heteroatoms. The van der Waals surface area contributed by atoms with Crippen LogP contribution >= 0.6 is 11.3 Å². The Labute approximate surface area is 114 Å². The summed E-state index contributed by atoms with van der Waals surface area (Å²) < 4.78 is 5.09. The van der Waals surface area contributed by atoms with Gasteiger partial charge in [0, 0.05) is 0 Å². The van der Waals surface area contributed by atoms with E-state index >= 15 is 0 Å². The predicted octanol–water partition coefficient (Wildman–Crippen LogP) is 1.21. The van der Waals surface area contributed by atoms with E-state index in [1.807, 2.05) is 23.8 Å². The van der Waals surface area contributed by atoms with E-state index in [2.05, 4.69) is 10.6 Å². The molecule has 2 rings (SSSR count). The molecule has 0 bridgehead atoms. The zero-order valence-electron chi connectivity index (χ0n) is 10.5. The van der Waals surface area contributed by atoms with Gasteiger partial charge in [0.1, 0.15) is 5.92 Å². The van der Waals surface area contributed by atoms with Gasteiger partial charge in [-0.3, -0.25) is 4.79 Å². The van der Waals surface area contributed by atoms with E-state index in [-0.39, 0.29) is 25.3 Å². The normalized spacial score (nSPS) is 23.8. The van der Waals surface area contributed by atoms with E-state index < -0.39 is 17.9 Å². The number of ether oxygens (including phenoxy) is 1. The molecule has 3 unspecified atom stereocenters. The number of rotatable bonds is 4. The van der Waals surface area contributed by atoms with Gasteiger partial charge in [-0.25, -0.2) is 4.79 Å². The van der Waals surface area contributed by atoms with Gasteiger partial charge in [0.25, 0.3) is 0 Å². The van der Waals surface area contributed by atoms with Crippen molar-refractivity contribution in [1.29, 1.82) is 0 Å². The van der Waals surface area contributed by atoms with Crippen LogP contribution in [0.25, 0.3) is 0 Å². The average Bonchev–Trinajstić information content (AvgIpc) is 2.98. The highest BCUT2D eigenvalue weighted by Crippen LogP contribution is 2.16. The molecule has 3 atom stereocenters. The quantitative estimate of drug-likeness (QED) is 0.775. The van der Waals surface area contributed by atoms with Crippen molar-refractivity contribution in [2.45, 2.75) is 19.0 Å². The summed E-state index contributed by atoms with van der Waals surface area (Å²) in [6, 6.07) is 0.971. The highest BCUT2D eigenvalue weighted by molar-refractivity contribution is 7.07. The van der Waals surface area contributed by atoms with Gasteiger partial charge in [-0.1, -0.05) is 0 Å². The van der Waals surface area contributed by atoms with E-state index in [9.17, 15) is 9.59 Å². The lowest BCUT2D eigenvalue weighted by Crippen LogP contribution is -2.47. The molecule has 2 amide bonds. The van der Waals surface area contributed by atoms with Crippen LogP contribution in [0, 0.1) is 5.92 Å². The van der Waals surface area contributed by atoms with Crippen molar-refractivity contribution in [3.8, 4) is 0 Å². The molecule has 0 aliphatic carbocycles. The summed E-state index contributed by atoms with van der Waals surface area (Å²) in [5, 5.41) is 18.3. The molecule has 2 heterocycles. The Hall–Kier alpha value is -1.60. The molecular formula is C12H16N2O4S. The SMILES string of the molecule is CC(NC(=O)NC1COCC1C(=O)O)c1ccsc1. The molecule has 1 fully saturated rings. The van der Waals surface area contributed by atoms with Crippen LogP contribution in [-0.4, -0.2) is 36.4 Å². The number of amides is 2. The number of hydrogen-bond donors (Lipinski definition) is 3. The minimum atomic E-state index is -0.950. The largest absolute Gasteiger partial charge is 0.481 e. The fourth-order valence-corrected chi connectivity index (χ4v) is 2.71. The summed E-state index contributed by atoms with van der Waals surface area (Å²) in [7, 11) is 0. The van der Waals surface area contributed by atoms with Gasteiger partial charge in [-0.2, -0.15) is 11.3 Å². The van der Waals surface area contributed by atoms with Crippen LogP contribution in [-0.2, 0) is 9.53 Å². The van der Waals surface area contributed by atoms with Crippen LogP contribution in [0.4, 0.5) is 4.79 Å². The van der Waals surface area contributed by atoms with Crippen molar-refractivity contribution in [3.63, 3.8) is 0 Å². The monoisotopic (exact) mass is 284 g/mol. The third-order valence-corrected chi connectivity index (χ3v) is 3.81. The van der Waals surface area contributed by atoms with Gasteiger partial charge in [0.15, 0.2) is 0 Å². The van der Waals surface area contributed by atoms with E-state index in [1.165, 1.54) is 0 Å². The first-order chi connectivity index (χ1) is 9.08. The molecule has 104 valence electrons. The highest BCUT2D eigenvalue weighted by Gasteiger charge is 2.35. The first-order valence-electron chi connectivity index (χ1n) is 5.97. The molecule has 0 spiro atoms. The second kappa shape index (κ2) is 6.03. The second-order valence-electron chi connectivity index (χ2n) is 4.48. The number of urea groups is 1. The maximum Gasteiger partial charge on any atom is 0.315 e. The Morgan fingerprint density at radius 2 is 2.32 bits per heavy atom. The molecule has 19 heavy (non-hydrogen) atoms. The summed E-state index contributed by atoms with van der Waals surface area (Å²) in [4.78, 5) is 22.8. The van der Waals surface area contributed by atoms with E-state index in [1.54, 1.807) is 11.3 Å². The first-order valence-corrected chi connectivity index (χ1v) is 6.92. The van der Waals surface area contributed by atoms with Crippen LogP contribution in [0.1, 0.15) is 18.5 Å². The Morgan fingerprint density at radius 1 is 1.53 bits per heavy atom. The minimum absolute atomic E-state index is 0.114. The Bertz CT molecular complexity index is 449. The maximum atomic E-state index is 11.8. The second-order valence-corrected chi connectivity index (χ2v) is 5.26. The summed E-state index contributed by atoms with van der Waals surface area (Å²) >= 11 is 1.56. The number of carbonyl (C=O) groups excluding carboxylic acids is 1. The fraction of sp³-hybridized carbons (Fsp3) is 0.500. The number of carbonyl (C=O) groups is 2. The van der Waals surface area contributed by atoms with E-state index in [0.29, 0.717) is 0 Å². The van der Waals surface area contributed by atoms with Gasteiger partial charge in [-0.15, -0.1) is 0 Å². The molecule has 1 aromatic rings. The number of carboxylic acid groups (broad SMARTS) is 1. The zero-order valence-corrected chi connectivity index (χ0v) is 11.3. The van der Waals surface area contributed by atoms with Crippen molar-refractivity contribution in [3.05, 3.63) is 22.4 Å². The number of nitrogens with one attached hydrogen (secondary N) is 2. The predicted molar refractivity (Wildman–Crippen MR) is 70.1 cm³/mol. The lowest BCUT2D eigenvalue weighted by Gasteiger charge is -2.18. The third kappa shape index (κ3) is 3.45. The van der Waals surface area contributed by atoms with Gasteiger partial charge in [-0.05, 0) is 29.3 Å². The molecule has 1 saturated heterocycles. The van der Waals surface area contributed by atoms with Gasteiger partial charge in [0.2, 0.25) is 0 Å². The summed E-state index contributed by atoms with van der Waals surface area (Å²) in [5.74, 6) is -1.63. The van der Waals surface area contributed by atoms with Crippen molar-refractivity contribution < 1.29 is 19.4 Å². The summed E-state index contributed by atoms with van der Waals surface area (Å²) in [6.45, 7) is 2.25. The zero-order chi connectivity index (χ0) is 13.8. The lowest BCUT2D eigenvalue weighted by atomic mass is 10.0. The molecule has 1 aliphatic rings. The standard InChI is InChI=1S/C12H16N2O4S/c1-7(8-2-3-19-6-8)13-12(17)14-10-5-18-4-9(10)11(15)16/h2-3,6-7,9-10H,4-5H2,1H3,(H,15,16)(H2,13,14,17). The third-order valence-electron chi connectivity index (χ3n) is 3.10. The Morgan fingerprint density at radius 3 is 2.95 bits per heavy atom. The Balaban J connectivity index is 1.86. The number of thiophene rings is 1.